The van der Waals surface area contributed by atoms with Crippen LogP contribution in [0.1, 0.15) is 16.8 Å². The zero-order valence-electron chi connectivity index (χ0n) is 9.65. The third-order valence-corrected chi connectivity index (χ3v) is 3.70. The second-order valence-corrected chi connectivity index (χ2v) is 4.90. The standard InChI is InChI=1S/C12H15BrN2O.ClH/c1-15(9-6-7-14-8-9)12(16)10-4-2-3-5-11(10)13;/h2-5,9,14H,6-8H2,1H3;1H/t9-;/m1./s1. The van der Waals surface area contributed by atoms with Gasteiger partial charge in [0.2, 0.25) is 0 Å². The van der Waals surface area contributed by atoms with E-state index in [1.165, 1.54) is 0 Å². The highest BCUT2D eigenvalue weighted by Gasteiger charge is 2.24. The van der Waals surface area contributed by atoms with Crippen LogP contribution in [0.2, 0.25) is 0 Å². The highest BCUT2D eigenvalue weighted by Crippen LogP contribution is 2.19. The van der Waals surface area contributed by atoms with Crippen molar-refractivity contribution in [3.8, 4) is 0 Å². The number of likely N-dealkylation sites (N-methyl/N-ethyl adjacent to an activating group) is 1. The van der Waals surface area contributed by atoms with Crippen LogP contribution in [0.3, 0.4) is 0 Å². The van der Waals surface area contributed by atoms with Crippen LogP contribution in [0.5, 0.6) is 0 Å². The number of carbonyl (C=O) groups is 1. The van der Waals surface area contributed by atoms with Crippen molar-refractivity contribution in [3.63, 3.8) is 0 Å². The molecule has 0 saturated carbocycles. The Morgan fingerprint density at radius 2 is 2.18 bits per heavy atom. The lowest BCUT2D eigenvalue weighted by atomic mass is 10.1. The van der Waals surface area contributed by atoms with Gasteiger partial charge >= 0.3 is 0 Å². The van der Waals surface area contributed by atoms with Crippen molar-refractivity contribution in [2.45, 2.75) is 12.5 Å². The molecule has 1 N–H and O–H groups in total. The summed E-state index contributed by atoms with van der Waals surface area (Å²) in [5.41, 5.74) is 0.733. The first-order chi connectivity index (χ1) is 7.70. The Hall–Kier alpha value is -0.580. The summed E-state index contributed by atoms with van der Waals surface area (Å²) in [6.07, 6.45) is 1.03. The largest absolute Gasteiger partial charge is 0.337 e. The van der Waals surface area contributed by atoms with Crippen molar-refractivity contribution in [2.24, 2.45) is 0 Å². The molecule has 1 aromatic rings. The van der Waals surface area contributed by atoms with E-state index in [4.69, 9.17) is 0 Å². The molecule has 94 valence electrons. The van der Waals surface area contributed by atoms with E-state index in [0.29, 0.717) is 6.04 Å². The molecule has 1 aromatic carbocycles. The summed E-state index contributed by atoms with van der Waals surface area (Å²) in [7, 11) is 1.87. The van der Waals surface area contributed by atoms with Crippen molar-refractivity contribution in [1.82, 2.24) is 10.2 Å². The van der Waals surface area contributed by atoms with E-state index in [-0.39, 0.29) is 18.3 Å². The predicted octanol–water partition coefficient (Wildman–Crippen LogP) is 2.30. The summed E-state index contributed by atoms with van der Waals surface area (Å²) >= 11 is 3.41. The number of amides is 1. The first-order valence-corrected chi connectivity index (χ1v) is 6.22. The van der Waals surface area contributed by atoms with Crippen LogP contribution in [-0.2, 0) is 0 Å². The molecule has 0 radical (unpaired) electrons. The molecular formula is C12H16BrClN2O. The molecule has 1 heterocycles. The lowest BCUT2D eigenvalue weighted by Gasteiger charge is -2.24. The normalized spacial score (nSPS) is 18.6. The van der Waals surface area contributed by atoms with Gasteiger partial charge in [0, 0.05) is 24.1 Å². The summed E-state index contributed by atoms with van der Waals surface area (Å²) in [5, 5.41) is 3.27. The Morgan fingerprint density at radius 3 is 2.76 bits per heavy atom. The molecule has 1 fully saturated rings. The summed E-state index contributed by atoms with van der Waals surface area (Å²) in [6, 6.07) is 7.87. The van der Waals surface area contributed by atoms with Crippen LogP contribution in [0.15, 0.2) is 28.7 Å². The highest BCUT2D eigenvalue weighted by molar-refractivity contribution is 9.10. The van der Waals surface area contributed by atoms with E-state index in [2.05, 4.69) is 21.2 Å². The Kier molecular flexibility index (Phi) is 5.43. The first kappa shape index (κ1) is 14.5. The minimum atomic E-state index is 0. The van der Waals surface area contributed by atoms with Gasteiger partial charge in [-0.1, -0.05) is 12.1 Å². The molecule has 0 aromatic heterocycles. The van der Waals surface area contributed by atoms with Crippen LogP contribution >= 0.6 is 28.3 Å². The monoisotopic (exact) mass is 318 g/mol. The fourth-order valence-electron chi connectivity index (χ4n) is 1.96. The zero-order valence-corrected chi connectivity index (χ0v) is 12.1. The van der Waals surface area contributed by atoms with Crippen LogP contribution in [0.4, 0.5) is 0 Å². The fraction of sp³-hybridized carbons (Fsp3) is 0.417. The zero-order chi connectivity index (χ0) is 11.5. The fourth-order valence-corrected chi connectivity index (χ4v) is 2.41. The van der Waals surface area contributed by atoms with E-state index in [9.17, 15) is 4.79 Å². The van der Waals surface area contributed by atoms with E-state index >= 15 is 0 Å². The van der Waals surface area contributed by atoms with Gasteiger partial charge in [-0.25, -0.2) is 0 Å². The van der Waals surface area contributed by atoms with E-state index < -0.39 is 0 Å². The molecule has 17 heavy (non-hydrogen) atoms. The number of nitrogens with one attached hydrogen (secondary N) is 1. The summed E-state index contributed by atoms with van der Waals surface area (Å²) in [5.74, 6) is 0.0844. The molecule has 0 bridgehead atoms. The lowest BCUT2D eigenvalue weighted by molar-refractivity contribution is 0.0743. The number of hydrogen-bond donors (Lipinski definition) is 1. The maximum absolute atomic E-state index is 12.2. The van der Waals surface area contributed by atoms with Gasteiger partial charge in [-0.15, -0.1) is 12.4 Å². The van der Waals surface area contributed by atoms with Gasteiger partial charge in [0.1, 0.15) is 0 Å². The number of halogens is 2. The van der Waals surface area contributed by atoms with Crippen molar-refractivity contribution < 1.29 is 4.79 Å². The molecule has 1 aliphatic rings. The molecule has 2 rings (SSSR count). The van der Waals surface area contributed by atoms with Crippen LogP contribution in [0, 0.1) is 0 Å². The maximum atomic E-state index is 12.2. The van der Waals surface area contributed by atoms with Crippen molar-refractivity contribution in [3.05, 3.63) is 34.3 Å². The van der Waals surface area contributed by atoms with Gasteiger partial charge < -0.3 is 10.2 Å². The number of carbonyl (C=O) groups excluding carboxylic acids is 1. The van der Waals surface area contributed by atoms with Gasteiger partial charge in [-0.3, -0.25) is 4.79 Å². The topological polar surface area (TPSA) is 32.3 Å². The Balaban J connectivity index is 0.00000144. The molecule has 0 unspecified atom stereocenters. The first-order valence-electron chi connectivity index (χ1n) is 5.42. The third kappa shape index (κ3) is 3.21. The molecule has 1 amide bonds. The molecule has 1 aliphatic heterocycles. The summed E-state index contributed by atoms with van der Waals surface area (Å²) in [4.78, 5) is 14.1. The second kappa shape index (κ2) is 6.38. The Labute approximate surface area is 116 Å². The average Bonchev–Trinajstić information content (AvgIpc) is 2.81. The van der Waals surface area contributed by atoms with E-state index in [1.54, 1.807) is 0 Å². The molecule has 1 atom stereocenters. The van der Waals surface area contributed by atoms with Crippen LogP contribution < -0.4 is 5.32 Å². The minimum Gasteiger partial charge on any atom is -0.337 e. The van der Waals surface area contributed by atoms with Crippen molar-refractivity contribution >= 4 is 34.2 Å². The minimum absolute atomic E-state index is 0. The highest BCUT2D eigenvalue weighted by atomic mass is 79.9. The number of nitrogens with zero attached hydrogens (tertiary/aromatic N) is 1. The summed E-state index contributed by atoms with van der Waals surface area (Å²) in [6.45, 7) is 1.89. The summed E-state index contributed by atoms with van der Waals surface area (Å²) < 4.78 is 0.859. The van der Waals surface area contributed by atoms with Gasteiger partial charge in [-0.2, -0.15) is 0 Å². The van der Waals surface area contributed by atoms with Crippen LogP contribution in [0.25, 0.3) is 0 Å². The van der Waals surface area contributed by atoms with E-state index in [0.717, 1.165) is 29.5 Å². The molecule has 3 nitrogen and oxygen atoms in total. The molecule has 0 spiro atoms. The number of rotatable bonds is 2. The number of hydrogen-bond acceptors (Lipinski definition) is 2. The average molecular weight is 320 g/mol. The quantitative estimate of drug-likeness (QED) is 0.907. The van der Waals surface area contributed by atoms with Crippen molar-refractivity contribution in [1.29, 1.82) is 0 Å². The Bertz CT molecular complexity index is 394. The van der Waals surface area contributed by atoms with Crippen molar-refractivity contribution in [2.75, 3.05) is 20.1 Å². The molecule has 1 saturated heterocycles. The van der Waals surface area contributed by atoms with Gasteiger partial charge in [0.15, 0.2) is 0 Å². The van der Waals surface area contributed by atoms with Gasteiger partial charge in [-0.05, 0) is 41.0 Å². The predicted molar refractivity (Wildman–Crippen MR) is 74.8 cm³/mol. The second-order valence-electron chi connectivity index (χ2n) is 4.04. The smallest absolute Gasteiger partial charge is 0.255 e. The SMILES string of the molecule is CN(C(=O)c1ccccc1Br)[C@@H]1CCNC1.Cl. The molecular weight excluding hydrogens is 304 g/mol. The van der Waals surface area contributed by atoms with E-state index in [1.807, 2.05) is 36.2 Å². The van der Waals surface area contributed by atoms with Gasteiger partial charge in [0.05, 0.1) is 5.56 Å². The third-order valence-electron chi connectivity index (χ3n) is 3.01. The molecule has 0 aliphatic carbocycles. The van der Waals surface area contributed by atoms with Gasteiger partial charge in [0.25, 0.3) is 5.91 Å². The van der Waals surface area contributed by atoms with Crippen LogP contribution in [-0.4, -0.2) is 37.0 Å². The number of benzene rings is 1. The maximum Gasteiger partial charge on any atom is 0.255 e. The molecule has 5 heteroatoms. The lowest BCUT2D eigenvalue weighted by Crippen LogP contribution is -2.38. The Morgan fingerprint density at radius 1 is 1.47 bits per heavy atom.